The molecule has 7 heteroatoms. The summed E-state index contributed by atoms with van der Waals surface area (Å²) in [4.78, 5) is 14.5. The van der Waals surface area contributed by atoms with E-state index in [1.807, 2.05) is 24.3 Å². The van der Waals surface area contributed by atoms with Crippen LogP contribution < -0.4 is 5.73 Å². The topological polar surface area (TPSA) is 72.1 Å². The summed E-state index contributed by atoms with van der Waals surface area (Å²) in [6.07, 6.45) is 1.47. The van der Waals surface area contributed by atoms with Gasteiger partial charge in [0.05, 0.1) is 6.20 Å². The fourth-order valence-corrected chi connectivity index (χ4v) is 2.26. The zero-order chi connectivity index (χ0) is 13.8. The van der Waals surface area contributed by atoms with Crippen molar-refractivity contribution in [2.45, 2.75) is 6.54 Å². The van der Waals surface area contributed by atoms with E-state index in [2.05, 4.69) is 9.59 Å². The molecule has 0 aliphatic heterocycles. The predicted octanol–water partition coefficient (Wildman–Crippen LogP) is 1.44. The van der Waals surface area contributed by atoms with Crippen molar-refractivity contribution >= 4 is 34.6 Å². The summed E-state index contributed by atoms with van der Waals surface area (Å²) in [5.74, 6) is -0.101. The maximum Gasteiger partial charge on any atom is 0.267 e. The molecule has 0 saturated heterocycles. The third-order valence-corrected chi connectivity index (χ3v) is 3.44. The Bertz CT molecular complexity index is 598. The van der Waals surface area contributed by atoms with E-state index in [9.17, 15) is 4.79 Å². The van der Waals surface area contributed by atoms with Gasteiger partial charge in [-0.3, -0.25) is 4.79 Å². The van der Waals surface area contributed by atoms with Gasteiger partial charge in [0.2, 0.25) is 0 Å². The Morgan fingerprint density at radius 1 is 1.53 bits per heavy atom. The van der Waals surface area contributed by atoms with E-state index in [-0.39, 0.29) is 5.91 Å². The zero-order valence-electron chi connectivity index (χ0n) is 10.2. The van der Waals surface area contributed by atoms with Crippen LogP contribution in [0.25, 0.3) is 0 Å². The highest BCUT2D eigenvalue weighted by Gasteiger charge is 2.14. The summed E-state index contributed by atoms with van der Waals surface area (Å²) < 4.78 is 3.68. The molecule has 0 unspecified atom stereocenters. The SMILES string of the molecule is CN(Cc1cccc(C(N)=S)c1)C(=O)c1cnns1. The number of nitrogens with zero attached hydrogens (tertiary/aromatic N) is 3. The van der Waals surface area contributed by atoms with E-state index in [0.717, 1.165) is 22.7 Å². The van der Waals surface area contributed by atoms with E-state index in [4.69, 9.17) is 18.0 Å². The van der Waals surface area contributed by atoms with Crippen LogP contribution in [-0.4, -0.2) is 32.4 Å². The molecular formula is C12H12N4OS2. The lowest BCUT2D eigenvalue weighted by Crippen LogP contribution is -2.25. The van der Waals surface area contributed by atoms with Crippen LogP contribution in [-0.2, 0) is 6.54 Å². The van der Waals surface area contributed by atoms with Gasteiger partial charge in [0.15, 0.2) is 0 Å². The van der Waals surface area contributed by atoms with Crippen LogP contribution in [0.15, 0.2) is 30.5 Å². The van der Waals surface area contributed by atoms with Gasteiger partial charge >= 0.3 is 0 Å². The first kappa shape index (κ1) is 13.6. The van der Waals surface area contributed by atoms with E-state index in [0.29, 0.717) is 16.4 Å². The molecule has 0 spiro atoms. The van der Waals surface area contributed by atoms with E-state index < -0.39 is 0 Å². The van der Waals surface area contributed by atoms with E-state index in [1.165, 1.54) is 6.20 Å². The lowest BCUT2D eigenvalue weighted by Gasteiger charge is -2.16. The molecule has 0 bridgehead atoms. The number of amides is 1. The normalized spacial score (nSPS) is 10.2. The number of thiocarbonyl (C=S) groups is 1. The third kappa shape index (κ3) is 3.33. The minimum Gasteiger partial charge on any atom is -0.389 e. The van der Waals surface area contributed by atoms with Gasteiger partial charge in [-0.25, -0.2) is 0 Å². The van der Waals surface area contributed by atoms with Gasteiger partial charge in [-0.2, -0.15) is 0 Å². The Balaban J connectivity index is 2.10. The number of benzene rings is 1. The molecule has 19 heavy (non-hydrogen) atoms. The summed E-state index contributed by atoms with van der Waals surface area (Å²) >= 11 is 6.02. The monoisotopic (exact) mass is 292 g/mol. The minimum atomic E-state index is -0.101. The summed E-state index contributed by atoms with van der Waals surface area (Å²) in [6, 6.07) is 7.53. The van der Waals surface area contributed by atoms with Crippen molar-refractivity contribution in [1.29, 1.82) is 0 Å². The minimum absolute atomic E-state index is 0.101. The molecule has 1 heterocycles. The predicted molar refractivity (Wildman–Crippen MR) is 78.0 cm³/mol. The maximum absolute atomic E-state index is 12.0. The fraction of sp³-hybridized carbons (Fsp3) is 0.167. The van der Waals surface area contributed by atoms with Crippen LogP contribution in [0.5, 0.6) is 0 Å². The number of carbonyl (C=O) groups is 1. The van der Waals surface area contributed by atoms with Crippen molar-refractivity contribution in [3.63, 3.8) is 0 Å². The number of hydrogen-bond acceptors (Lipinski definition) is 5. The summed E-state index contributed by atoms with van der Waals surface area (Å²) in [6.45, 7) is 0.479. The number of carbonyl (C=O) groups excluding carboxylic acids is 1. The molecule has 0 atom stereocenters. The van der Waals surface area contributed by atoms with Crippen molar-refractivity contribution in [1.82, 2.24) is 14.5 Å². The second-order valence-corrected chi connectivity index (χ2v) is 5.23. The zero-order valence-corrected chi connectivity index (χ0v) is 11.9. The number of aromatic nitrogens is 2. The van der Waals surface area contributed by atoms with Gasteiger partial charge in [0.25, 0.3) is 5.91 Å². The molecule has 0 aliphatic carbocycles. The number of hydrogen-bond donors (Lipinski definition) is 1. The van der Waals surface area contributed by atoms with Crippen LogP contribution >= 0.6 is 23.8 Å². The van der Waals surface area contributed by atoms with Crippen molar-refractivity contribution < 1.29 is 4.79 Å². The van der Waals surface area contributed by atoms with Gasteiger partial charge < -0.3 is 10.6 Å². The van der Waals surface area contributed by atoms with Crippen LogP contribution in [0.4, 0.5) is 0 Å². The molecule has 0 saturated carbocycles. The fourth-order valence-electron chi connectivity index (χ4n) is 1.62. The van der Waals surface area contributed by atoms with Gasteiger partial charge in [-0.15, -0.1) is 5.10 Å². The quantitative estimate of drug-likeness (QED) is 0.863. The Kier molecular flexibility index (Phi) is 4.18. The lowest BCUT2D eigenvalue weighted by molar-refractivity contribution is 0.0789. The largest absolute Gasteiger partial charge is 0.389 e. The molecular weight excluding hydrogens is 280 g/mol. The first-order chi connectivity index (χ1) is 9.08. The van der Waals surface area contributed by atoms with Crippen LogP contribution in [0, 0.1) is 0 Å². The van der Waals surface area contributed by atoms with Crippen molar-refractivity contribution in [3.05, 3.63) is 46.5 Å². The van der Waals surface area contributed by atoms with Gasteiger partial charge in [0.1, 0.15) is 9.87 Å². The average Bonchev–Trinajstić information content (AvgIpc) is 2.92. The summed E-state index contributed by atoms with van der Waals surface area (Å²) in [7, 11) is 1.73. The Hall–Kier alpha value is -1.86. The molecule has 0 fully saturated rings. The Morgan fingerprint density at radius 3 is 2.95 bits per heavy atom. The molecule has 1 aromatic carbocycles. The summed E-state index contributed by atoms with van der Waals surface area (Å²) in [5.41, 5.74) is 7.36. The molecule has 98 valence electrons. The summed E-state index contributed by atoms with van der Waals surface area (Å²) in [5, 5.41) is 3.66. The van der Waals surface area contributed by atoms with E-state index in [1.54, 1.807) is 11.9 Å². The second-order valence-electron chi connectivity index (χ2n) is 4.01. The Morgan fingerprint density at radius 2 is 2.32 bits per heavy atom. The third-order valence-electron chi connectivity index (χ3n) is 2.55. The average molecular weight is 292 g/mol. The molecule has 0 aliphatic rings. The van der Waals surface area contributed by atoms with Gasteiger partial charge in [0, 0.05) is 19.2 Å². The Labute approximate surface area is 120 Å². The van der Waals surface area contributed by atoms with Crippen LogP contribution in [0.1, 0.15) is 20.8 Å². The van der Waals surface area contributed by atoms with E-state index >= 15 is 0 Å². The first-order valence-electron chi connectivity index (χ1n) is 5.49. The highest BCUT2D eigenvalue weighted by atomic mass is 32.1. The van der Waals surface area contributed by atoms with Crippen molar-refractivity contribution in [2.24, 2.45) is 5.73 Å². The van der Waals surface area contributed by atoms with Gasteiger partial charge in [-0.1, -0.05) is 34.9 Å². The molecule has 0 radical (unpaired) electrons. The molecule has 2 N–H and O–H groups in total. The molecule has 1 aromatic heterocycles. The number of rotatable bonds is 4. The van der Waals surface area contributed by atoms with Crippen molar-refractivity contribution in [2.75, 3.05) is 7.05 Å². The number of nitrogens with two attached hydrogens (primary N) is 1. The van der Waals surface area contributed by atoms with Gasteiger partial charge in [-0.05, 0) is 23.2 Å². The van der Waals surface area contributed by atoms with Crippen LogP contribution in [0.3, 0.4) is 0 Å². The standard InChI is InChI=1S/C12H12N4OS2/c1-16(12(17)10-6-14-15-19-10)7-8-3-2-4-9(5-8)11(13)18/h2-6H,7H2,1H3,(H2,13,18). The molecule has 2 aromatic rings. The van der Waals surface area contributed by atoms with Crippen LogP contribution in [0.2, 0.25) is 0 Å². The lowest BCUT2D eigenvalue weighted by atomic mass is 10.1. The molecule has 1 amide bonds. The molecule has 2 rings (SSSR count). The maximum atomic E-state index is 12.0. The van der Waals surface area contributed by atoms with Crippen molar-refractivity contribution in [3.8, 4) is 0 Å². The second kappa shape index (κ2) is 5.85. The smallest absolute Gasteiger partial charge is 0.267 e. The highest BCUT2D eigenvalue weighted by molar-refractivity contribution is 7.80. The highest BCUT2D eigenvalue weighted by Crippen LogP contribution is 2.11. The molecule has 5 nitrogen and oxygen atoms in total. The first-order valence-corrected chi connectivity index (χ1v) is 6.67.